The molecule has 112 valence electrons. The van der Waals surface area contributed by atoms with Crippen molar-refractivity contribution in [1.82, 2.24) is 5.32 Å². The maximum Gasteiger partial charge on any atom is 0.124 e. The van der Waals surface area contributed by atoms with Crippen LogP contribution in [0.5, 0.6) is 11.5 Å². The fraction of sp³-hybridized carbons (Fsp3) is 0.647. The molecule has 0 aliphatic heterocycles. The molecule has 0 aromatic heterocycles. The molecule has 2 rings (SSSR count). The number of phenols is 2. The molecule has 2 atom stereocenters. The summed E-state index contributed by atoms with van der Waals surface area (Å²) in [6, 6.07) is 5.28. The molecule has 0 amide bonds. The lowest BCUT2D eigenvalue weighted by Gasteiger charge is -2.28. The van der Waals surface area contributed by atoms with Crippen LogP contribution in [0.15, 0.2) is 18.2 Å². The fourth-order valence-corrected chi connectivity index (χ4v) is 3.41. The largest absolute Gasteiger partial charge is 0.507 e. The van der Waals surface area contributed by atoms with Crippen LogP contribution in [0.1, 0.15) is 64.0 Å². The SMILES string of the molecule is CC(N[C@H](C)C1CCCCCC1)c1c(O)cccc1O. The van der Waals surface area contributed by atoms with E-state index in [1.54, 1.807) is 18.2 Å². The van der Waals surface area contributed by atoms with Crippen LogP contribution >= 0.6 is 0 Å². The number of benzene rings is 1. The molecule has 0 saturated heterocycles. The lowest BCUT2D eigenvalue weighted by Crippen LogP contribution is -2.35. The molecular weight excluding hydrogens is 250 g/mol. The summed E-state index contributed by atoms with van der Waals surface area (Å²) in [6.07, 6.45) is 7.94. The molecule has 1 aliphatic carbocycles. The summed E-state index contributed by atoms with van der Waals surface area (Å²) in [6.45, 7) is 4.23. The fourth-order valence-electron chi connectivity index (χ4n) is 3.41. The second-order valence-electron chi connectivity index (χ2n) is 6.14. The van der Waals surface area contributed by atoms with E-state index in [4.69, 9.17) is 0 Å². The Labute approximate surface area is 122 Å². The Hall–Kier alpha value is -1.22. The first-order valence-electron chi connectivity index (χ1n) is 7.86. The van der Waals surface area contributed by atoms with E-state index in [1.807, 2.05) is 6.92 Å². The van der Waals surface area contributed by atoms with E-state index in [0.29, 0.717) is 17.5 Å². The van der Waals surface area contributed by atoms with Gasteiger partial charge in [-0.15, -0.1) is 0 Å². The molecule has 1 fully saturated rings. The smallest absolute Gasteiger partial charge is 0.124 e. The summed E-state index contributed by atoms with van der Waals surface area (Å²) in [5.74, 6) is 1.03. The van der Waals surface area contributed by atoms with Gasteiger partial charge in [0.1, 0.15) is 11.5 Å². The molecular formula is C17H27NO2. The van der Waals surface area contributed by atoms with Crippen LogP contribution in [0.25, 0.3) is 0 Å². The van der Waals surface area contributed by atoms with Gasteiger partial charge in [0.15, 0.2) is 0 Å². The maximum absolute atomic E-state index is 9.93. The Morgan fingerprint density at radius 1 is 1.00 bits per heavy atom. The third-order valence-corrected chi connectivity index (χ3v) is 4.61. The van der Waals surface area contributed by atoms with E-state index in [-0.39, 0.29) is 17.5 Å². The average molecular weight is 277 g/mol. The van der Waals surface area contributed by atoms with Crippen molar-refractivity contribution in [2.75, 3.05) is 0 Å². The van der Waals surface area contributed by atoms with Crippen molar-refractivity contribution in [3.63, 3.8) is 0 Å². The first-order valence-corrected chi connectivity index (χ1v) is 7.86. The van der Waals surface area contributed by atoms with Gasteiger partial charge in [-0.25, -0.2) is 0 Å². The van der Waals surface area contributed by atoms with E-state index >= 15 is 0 Å². The van der Waals surface area contributed by atoms with Crippen LogP contribution < -0.4 is 5.32 Å². The van der Waals surface area contributed by atoms with E-state index in [1.165, 1.54) is 38.5 Å². The number of hydrogen-bond acceptors (Lipinski definition) is 3. The van der Waals surface area contributed by atoms with Crippen LogP contribution in [0.2, 0.25) is 0 Å². The van der Waals surface area contributed by atoms with Gasteiger partial charge in [0.05, 0.1) is 5.56 Å². The number of phenolic OH excluding ortho intramolecular Hbond substituents is 2. The Balaban J connectivity index is 2.01. The molecule has 1 aliphatic rings. The van der Waals surface area contributed by atoms with Crippen molar-refractivity contribution in [3.8, 4) is 11.5 Å². The second kappa shape index (κ2) is 6.98. The first kappa shape index (κ1) is 15.2. The number of rotatable bonds is 4. The molecule has 1 saturated carbocycles. The van der Waals surface area contributed by atoms with Gasteiger partial charge in [0, 0.05) is 12.1 Å². The molecule has 1 unspecified atom stereocenters. The number of hydrogen-bond donors (Lipinski definition) is 3. The van der Waals surface area contributed by atoms with Gasteiger partial charge in [-0.3, -0.25) is 0 Å². The van der Waals surface area contributed by atoms with Crippen LogP contribution in [0.3, 0.4) is 0 Å². The summed E-state index contributed by atoms with van der Waals surface area (Å²) < 4.78 is 0. The summed E-state index contributed by atoms with van der Waals surface area (Å²) in [5.41, 5.74) is 0.605. The van der Waals surface area contributed by atoms with E-state index < -0.39 is 0 Å². The summed E-state index contributed by atoms with van der Waals surface area (Å²) in [5, 5.41) is 23.4. The minimum absolute atomic E-state index is 0.0468. The molecule has 0 bridgehead atoms. The van der Waals surface area contributed by atoms with Crippen molar-refractivity contribution in [2.24, 2.45) is 5.92 Å². The molecule has 0 radical (unpaired) electrons. The van der Waals surface area contributed by atoms with Gasteiger partial charge >= 0.3 is 0 Å². The Kier molecular flexibility index (Phi) is 5.30. The zero-order valence-corrected chi connectivity index (χ0v) is 12.6. The van der Waals surface area contributed by atoms with Gasteiger partial charge in [-0.2, -0.15) is 0 Å². The predicted molar refractivity (Wildman–Crippen MR) is 82.0 cm³/mol. The third kappa shape index (κ3) is 3.66. The van der Waals surface area contributed by atoms with Crippen LogP contribution in [-0.4, -0.2) is 16.3 Å². The van der Waals surface area contributed by atoms with Crippen molar-refractivity contribution < 1.29 is 10.2 Å². The summed E-state index contributed by atoms with van der Waals surface area (Å²) in [7, 11) is 0. The topological polar surface area (TPSA) is 52.5 Å². The lowest BCUT2D eigenvalue weighted by atomic mass is 9.92. The van der Waals surface area contributed by atoms with Crippen molar-refractivity contribution in [2.45, 2.75) is 64.5 Å². The zero-order chi connectivity index (χ0) is 14.5. The summed E-state index contributed by atoms with van der Waals surface area (Å²) in [4.78, 5) is 0. The highest BCUT2D eigenvalue weighted by atomic mass is 16.3. The van der Waals surface area contributed by atoms with E-state index in [0.717, 1.165) is 0 Å². The highest BCUT2D eigenvalue weighted by Crippen LogP contribution is 2.33. The average Bonchev–Trinajstić information content (AvgIpc) is 2.67. The first-order chi connectivity index (χ1) is 9.59. The van der Waals surface area contributed by atoms with Crippen LogP contribution in [-0.2, 0) is 0 Å². The minimum atomic E-state index is -0.0468. The number of aromatic hydroxyl groups is 2. The van der Waals surface area contributed by atoms with Gasteiger partial charge in [-0.1, -0.05) is 31.7 Å². The van der Waals surface area contributed by atoms with E-state index in [9.17, 15) is 10.2 Å². The molecule has 3 nitrogen and oxygen atoms in total. The Morgan fingerprint density at radius 2 is 1.55 bits per heavy atom. The van der Waals surface area contributed by atoms with Crippen molar-refractivity contribution in [3.05, 3.63) is 23.8 Å². The molecule has 20 heavy (non-hydrogen) atoms. The molecule has 0 heterocycles. The highest BCUT2D eigenvalue weighted by Gasteiger charge is 2.22. The molecule has 1 aromatic carbocycles. The Bertz CT molecular complexity index is 405. The second-order valence-corrected chi connectivity index (χ2v) is 6.14. The third-order valence-electron chi connectivity index (χ3n) is 4.61. The van der Waals surface area contributed by atoms with Gasteiger partial charge in [-0.05, 0) is 44.7 Å². The monoisotopic (exact) mass is 277 g/mol. The van der Waals surface area contributed by atoms with Crippen molar-refractivity contribution >= 4 is 0 Å². The van der Waals surface area contributed by atoms with Gasteiger partial charge in [0.2, 0.25) is 0 Å². The molecule has 0 spiro atoms. The predicted octanol–water partition coefficient (Wildman–Crippen LogP) is 4.11. The molecule has 1 aromatic rings. The van der Waals surface area contributed by atoms with Gasteiger partial charge < -0.3 is 15.5 Å². The van der Waals surface area contributed by atoms with Crippen molar-refractivity contribution in [1.29, 1.82) is 0 Å². The van der Waals surface area contributed by atoms with Gasteiger partial charge in [0.25, 0.3) is 0 Å². The normalized spacial score (nSPS) is 20.3. The lowest BCUT2D eigenvalue weighted by molar-refractivity contribution is 0.310. The van der Waals surface area contributed by atoms with Crippen LogP contribution in [0, 0.1) is 5.92 Å². The minimum Gasteiger partial charge on any atom is -0.507 e. The maximum atomic E-state index is 9.93. The summed E-state index contributed by atoms with van der Waals surface area (Å²) >= 11 is 0. The Morgan fingerprint density at radius 3 is 2.10 bits per heavy atom. The molecule has 3 N–H and O–H groups in total. The quantitative estimate of drug-likeness (QED) is 0.726. The highest BCUT2D eigenvalue weighted by molar-refractivity contribution is 5.44. The molecule has 3 heteroatoms. The standard InChI is InChI=1S/C17H27NO2/c1-12(14-8-5-3-4-6-9-14)18-13(2)17-15(19)10-7-11-16(17)20/h7,10-14,18-20H,3-6,8-9H2,1-2H3/t12-,13?/m1/s1. The number of nitrogens with one attached hydrogen (secondary N) is 1. The van der Waals surface area contributed by atoms with E-state index in [2.05, 4.69) is 12.2 Å². The zero-order valence-electron chi connectivity index (χ0n) is 12.6. The van der Waals surface area contributed by atoms with Crippen LogP contribution in [0.4, 0.5) is 0 Å².